The smallest absolute Gasteiger partial charge is 0.255 e. The molecule has 0 fully saturated rings. The topological polar surface area (TPSA) is 76.7 Å². The predicted octanol–water partition coefficient (Wildman–Crippen LogP) is 15.6. The van der Waals surface area contributed by atoms with E-state index < -0.39 is 0 Å². The molecule has 4 aromatic carbocycles. The number of unbranched alkanes of at least 4 members (excludes halogenated alkanes) is 24. The minimum absolute atomic E-state index is 0.128. The molecule has 0 aliphatic heterocycles. The number of ether oxygens (including phenoxy) is 2. The van der Waals surface area contributed by atoms with Crippen LogP contribution in [0.1, 0.15) is 202 Å². The van der Waals surface area contributed by atoms with Crippen LogP contribution in [-0.4, -0.2) is 38.1 Å². The number of benzene rings is 4. The summed E-state index contributed by atoms with van der Waals surface area (Å²) in [4.78, 5) is 27.1. The van der Waals surface area contributed by atoms with E-state index in [2.05, 4.69) is 31.1 Å². The zero-order chi connectivity index (χ0) is 43.9. The molecule has 0 atom stereocenters. The number of hydrogen-bond acceptors (Lipinski definition) is 4. The lowest BCUT2D eigenvalue weighted by atomic mass is 10.0. The highest BCUT2D eigenvalue weighted by atomic mass is 16.5. The molecule has 0 unspecified atom stereocenters. The molecule has 6 nitrogen and oxygen atoms in total. The van der Waals surface area contributed by atoms with Crippen molar-refractivity contribution in [2.24, 2.45) is 0 Å². The first-order valence-corrected chi connectivity index (χ1v) is 25.0. The van der Waals surface area contributed by atoms with Crippen molar-refractivity contribution in [3.63, 3.8) is 0 Å². The molecule has 340 valence electrons. The molecule has 0 heterocycles. The largest absolute Gasteiger partial charge is 0.488 e. The molecule has 0 saturated heterocycles. The van der Waals surface area contributed by atoms with Crippen molar-refractivity contribution in [3.05, 3.63) is 96.1 Å². The van der Waals surface area contributed by atoms with Crippen LogP contribution >= 0.6 is 0 Å². The first-order valence-electron chi connectivity index (χ1n) is 25.0. The van der Waals surface area contributed by atoms with Gasteiger partial charge in [0.05, 0.1) is 11.1 Å². The minimum atomic E-state index is -0.128. The molecule has 6 heteroatoms. The standard InChI is InChI=1S/C56H82N2O4/c1-4-6-8-10-12-14-16-18-20-22-24-26-32-38-57-55(59)51-40-47-34-28-30-36-49(47)42-53(51)61-44-46(3)45-62-54-43-50-37-31-29-35-48(50)41-52(54)56(60)58-39-33-27-25-23-21-19-17-15-13-11-9-7-5-2/h28-31,34-37,40-43H,3-27,32-33,38-39,44-45H2,1-2H3,(H,57,59)(H,58,60). The number of nitrogens with one attached hydrogen (secondary N) is 2. The van der Waals surface area contributed by atoms with E-state index in [4.69, 9.17) is 9.47 Å². The molecule has 0 aromatic heterocycles. The number of rotatable bonds is 36. The van der Waals surface area contributed by atoms with Gasteiger partial charge in [-0.05, 0) is 64.2 Å². The maximum Gasteiger partial charge on any atom is 0.255 e. The highest BCUT2D eigenvalue weighted by Crippen LogP contribution is 2.29. The summed E-state index contributed by atoms with van der Waals surface area (Å²) in [5.41, 5.74) is 1.73. The molecule has 2 N–H and O–H groups in total. The van der Waals surface area contributed by atoms with Crippen molar-refractivity contribution in [1.82, 2.24) is 10.6 Å². The van der Waals surface area contributed by atoms with Crippen LogP contribution in [0.25, 0.3) is 21.5 Å². The predicted molar refractivity (Wildman–Crippen MR) is 264 cm³/mol. The Bertz CT molecular complexity index is 1730. The van der Waals surface area contributed by atoms with Crippen molar-refractivity contribution >= 4 is 33.4 Å². The van der Waals surface area contributed by atoms with Gasteiger partial charge in [0.15, 0.2) is 0 Å². The second kappa shape index (κ2) is 31.5. The van der Waals surface area contributed by atoms with Gasteiger partial charge in [0.2, 0.25) is 0 Å². The lowest BCUT2D eigenvalue weighted by Crippen LogP contribution is -2.25. The Balaban J connectivity index is 1.20. The van der Waals surface area contributed by atoms with Crippen LogP contribution < -0.4 is 20.1 Å². The summed E-state index contributed by atoms with van der Waals surface area (Å²) < 4.78 is 12.6. The van der Waals surface area contributed by atoms with Crippen molar-refractivity contribution in [3.8, 4) is 11.5 Å². The van der Waals surface area contributed by atoms with E-state index in [0.717, 1.165) is 47.2 Å². The fourth-order valence-electron chi connectivity index (χ4n) is 8.31. The number of amides is 2. The van der Waals surface area contributed by atoms with Gasteiger partial charge in [0, 0.05) is 13.1 Å². The van der Waals surface area contributed by atoms with Crippen LogP contribution in [0.3, 0.4) is 0 Å². The van der Waals surface area contributed by atoms with Crippen LogP contribution in [0.5, 0.6) is 11.5 Å². The third-order valence-corrected chi connectivity index (χ3v) is 12.2. The first-order chi connectivity index (χ1) is 30.5. The Hall–Kier alpha value is -4.32. The molecule has 0 bridgehead atoms. The summed E-state index contributed by atoms with van der Waals surface area (Å²) in [6, 6.07) is 23.8. The van der Waals surface area contributed by atoms with Crippen LogP contribution in [0, 0.1) is 0 Å². The van der Waals surface area contributed by atoms with Crippen LogP contribution in [0.4, 0.5) is 0 Å². The fraction of sp³-hybridized carbons (Fsp3) is 0.571. The lowest BCUT2D eigenvalue weighted by Gasteiger charge is -2.16. The zero-order valence-corrected chi connectivity index (χ0v) is 39.0. The number of hydrogen-bond donors (Lipinski definition) is 2. The highest BCUT2D eigenvalue weighted by molar-refractivity contribution is 6.02. The average Bonchev–Trinajstić information content (AvgIpc) is 3.29. The molecule has 0 aliphatic carbocycles. The number of fused-ring (bicyclic) bond motifs is 2. The highest BCUT2D eigenvalue weighted by Gasteiger charge is 2.17. The number of carbonyl (C=O) groups is 2. The van der Waals surface area contributed by atoms with Gasteiger partial charge >= 0.3 is 0 Å². The van der Waals surface area contributed by atoms with Crippen LogP contribution in [0.2, 0.25) is 0 Å². The van der Waals surface area contributed by atoms with E-state index in [1.54, 1.807) is 0 Å². The van der Waals surface area contributed by atoms with E-state index in [0.29, 0.717) is 41.3 Å². The lowest BCUT2D eigenvalue weighted by molar-refractivity contribution is 0.0941. The third kappa shape index (κ3) is 19.8. The average molecular weight is 847 g/mol. The summed E-state index contributed by atoms with van der Waals surface area (Å²) >= 11 is 0. The van der Waals surface area contributed by atoms with Crippen molar-refractivity contribution in [2.45, 2.75) is 181 Å². The molecule has 0 radical (unpaired) electrons. The summed E-state index contributed by atoms with van der Waals surface area (Å²) in [5.74, 6) is 0.785. The van der Waals surface area contributed by atoms with Crippen LogP contribution in [-0.2, 0) is 0 Å². The Kier molecular flexibility index (Phi) is 25.6. The quantitative estimate of drug-likeness (QED) is 0.0353. The first kappa shape index (κ1) is 50.3. The Labute approximate surface area is 376 Å². The maximum atomic E-state index is 13.5. The fourth-order valence-corrected chi connectivity index (χ4v) is 8.31. The Morgan fingerprint density at radius 3 is 1.00 bits per heavy atom. The second-order valence-electron chi connectivity index (χ2n) is 17.7. The maximum absolute atomic E-state index is 13.5. The molecule has 4 rings (SSSR count). The van der Waals surface area contributed by atoms with E-state index >= 15 is 0 Å². The summed E-state index contributed by atoms with van der Waals surface area (Å²) in [6.07, 6.45) is 33.7. The monoisotopic (exact) mass is 847 g/mol. The van der Waals surface area contributed by atoms with Gasteiger partial charge in [-0.25, -0.2) is 0 Å². The van der Waals surface area contributed by atoms with Gasteiger partial charge in [0.1, 0.15) is 24.7 Å². The van der Waals surface area contributed by atoms with E-state index in [-0.39, 0.29) is 25.0 Å². The SMILES string of the molecule is C=C(COc1cc2ccccc2cc1C(=O)NCCCCCCCCCCCCCCC)COc1cc2ccccc2cc1C(=O)NCCCCCCCCCCCCCCC. The molecule has 4 aromatic rings. The molecule has 2 amide bonds. The van der Waals surface area contributed by atoms with Crippen molar-refractivity contribution < 1.29 is 19.1 Å². The van der Waals surface area contributed by atoms with Gasteiger partial charge in [-0.3, -0.25) is 9.59 Å². The normalized spacial score (nSPS) is 11.3. The van der Waals surface area contributed by atoms with Gasteiger partial charge in [0.25, 0.3) is 11.8 Å². The minimum Gasteiger partial charge on any atom is -0.488 e. The van der Waals surface area contributed by atoms with Gasteiger partial charge < -0.3 is 20.1 Å². The molecule has 0 saturated carbocycles. The molecule has 0 spiro atoms. The van der Waals surface area contributed by atoms with Gasteiger partial charge in [-0.2, -0.15) is 0 Å². The zero-order valence-electron chi connectivity index (χ0n) is 39.0. The van der Waals surface area contributed by atoms with Gasteiger partial charge in [-0.15, -0.1) is 0 Å². The van der Waals surface area contributed by atoms with E-state index in [9.17, 15) is 9.59 Å². The van der Waals surface area contributed by atoms with E-state index in [1.165, 1.54) is 141 Å². The molecular formula is C56H82N2O4. The van der Waals surface area contributed by atoms with Gasteiger partial charge in [-0.1, -0.05) is 223 Å². The Morgan fingerprint density at radius 2 is 0.694 bits per heavy atom. The van der Waals surface area contributed by atoms with Crippen molar-refractivity contribution in [1.29, 1.82) is 0 Å². The second-order valence-corrected chi connectivity index (χ2v) is 17.7. The Morgan fingerprint density at radius 1 is 0.419 bits per heavy atom. The summed E-state index contributed by atoms with van der Waals surface area (Å²) in [7, 11) is 0. The number of carbonyl (C=O) groups excluding carboxylic acids is 2. The van der Waals surface area contributed by atoms with E-state index in [1.807, 2.05) is 72.8 Å². The molecule has 0 aliphatic rings. The van der Waals surface area contributed by atoms with Crippen molar-refractivity contribution in [2.75, 3.05) is 26.3 Å². The van der Waals surface area contributed by atoms with Crippen LogP contribution in [0.15, 0.2) is 84.9 Å². The molecular weight excluding hydrogens is 765 g/mol. The molecule has 62 heavy (non-hydrogen) atoms. The summed E-state index contributed by atoms with van der Waals surface area (Å²) in [5, 5.41) is 10.3. The summed E-state index contributed by atoms with van der Waals surface area (Å²) in [6.45, 7) is 10.4. The third-order valence-electron chi connectivity index (χ3n) is 12.2.